The minimum absolute atomic E-state index is 0.00749. The molecular formula is C17H25NO3. The van der Waals surface area contributed by atoms with E-state index in [0.717, 1.165) is 31.4 Å². The molecule has 0 spiro atoms. The van der Waals surface area contributed by atoms with Crippen molar-refractivity contribution in [3.8, 4) is 5.75 Å². The molecular weight excluding hydrogens is 266 g/mol. The van der Waals surface area contributed by atoms with Gasteiger partial charge in [0.25, 0.3) is 0 Å². The van der Waals surface area contributed by atoms with Crippen molar-refractivity contribution < 1.29 is 14.6 Å². The highest BCUT2D eigenvalue weighted by atomic mass is 16.5. The van der Waals surface area contributed by atoms with E-state index < -0.39 is 5.60 Å². The third kappa shape index (κ3) is 4.74. The lowest BCUT2D eigenvalue weighted by Crippen LogP contribution is -2.37. The second-order valence-electron chi connectivity index (χ2n) is 6.09. The number of ether oxygens (including phenoxy) is 1. The van der Waals surface area contributed by atoms with E-state index >= 15 is 0 Å². The molecule has 1 aliphatic carbocycles. The standard InChI is InChI=1S/C17H25NO3/c1-14-5-7-15(8-6-14)21-12-11-18(2)16(19)13-17(20)9-3-4-10-17/h5-8,20H,3-4,9-13H2,1-2H3. The molecule has 0 aliphatic heterocycles. The van der Waals surface area contributed by atoms with Crippen LogP contribution in [0.5, 0.6) is 5.75 Å². The topological polar surface area (TPSA) is 49.8 Å². The van der Waals surface area contributed by atoms with Crippen LogP contribution >= 0.6 is 0 Å². The Balaban J connectivity index is 1.72. The summed E-state index contributed by atoms with van der Waals surface area (Å²) in [7, 11) is 1.76. The van der Waals surface area contributed by atoms with Gasteiger partial charge in [-0.1, -0.05) is 30.5 Å². The lowest BCUT2D eigenvalue weighted by atomic mass is 9.97. The van der Waals surface area contributed by atoms with Crippen molar-refractivity contribution in [2.24, 2.45) is 0 Å². The predicted molar refractivity (Wildman–Crippen MR) is 82.3 cm³/mol. The number of benzene rings is 1. The maximum atomic E-state index is 12.1. The van der Waals surface area contributed by atoms with Gasteiger partial charge in [-0.2, -0.15) is 0 Å². The fourth-order valence-electron chi connectivity index (χ4n) is 2.69. The lowest BCUT2D eigenvalue weighted by Gasteiger charge is -2.25. The summed E-state index contributed by atoms with van der Waals surface area (Å²) < 4.78 is 5.62. The van der Waals surface area contributed by atoms with Gasteiger partial charge in [-0.25, -0.2) is 0 Å². The number of aryl methyl sites for hydroxylation is 1. The van der Waals surface area contributed by atoms with E-state index in [1.165, 1.54) is 5.56 Å². The van der Waals surface area contributed by atoms with E-state index in [-0.39, 0.29) is 12.3 Å². The van der Waals surface area contributed by atoms with Crippen molar-refractivity contribution >= 4 is 5.91 Å². The normalized spacial score (nSPS) is 16.7. The first-order valence-corrected chi connectivity index (χ1v) is 7.64. The molecule has 4 heteroatoms. The molecule has 0 heterocycles. The molecule has 21 heavy (non-hydrogen) atoms. The maximum Gasteiger partial charge on any atom is 0.225 e. The van der Waals surface area contributed by atoms with Gasteiger partial charge in [0.1, 0.15) is 12.4 Å². The van der Waals surface area contributed by atoms with Crippen LogP contribution in [0.15, 0.2) is 24.3 Å². The van der Waals surface area contributed by atoms with Crippen LogP contribution in [0.2, 0.25) is 0 Å². The molecule has 0 unspecified atom stereocenters. The molecule has 1 N–H and O–H groups in total. The van der Waals surface area contributed by atoms with Crippen LogP contribution in [-0.4, -0.2) is 41.7 Å². The summed E-state index contributed by atoms with van der Waals surface area (Å²) in [6.07, 6.45) is 3.75. The highest BCUT2D eigenvalue weighted by Gasteiger charge is 2.34. The number of likely N-dealkylation sites (N-methyl/N-ethyl adjacent to an activating group) is 1. The van der Waals surface area contributed by atoms with Crippen LogP contribution in [0.3, 0.4) is 0 Å². The van der Waals surface area contributed by atoms with Gasteiger partial charge < -0.3 is 14.7 Å². The van der Waals surface area contributed by atoms with Gasteiger partial charge in [0.2, 0.25) is 5.91 Å². The average Bonchev–Trinajstić information content (AvgIpc) is 2.87. The number of nitrogens with zero attached hydrogens (tertiary/aromatic N) is 1. The van der Waals surface area contributed by atoms with Gasteiger partial charge >= 0.3 is 0 Å². The number of aliphatic hydroxyl groups is 1. The van der Waals surface area contributed by atoms with E-state index in [4.69, 9.17) is 4.74 Å². The summed E-state index contributed by atoms with van der Waals surface area (Å²) in [5.74, 6) is 0.808. The first-order chi connectivity index (χ1) is 9.98. The molecule has 1 aromatic carbocycles. The van der Waals surface area contributed by atoms with E-state index in [9.17, 15) is 9.90 Å². The molecule has 116 valence electrons. The molecule has 1 aliphatic rings. The molecule has 1 aromatic rings. The summed E-state index contributed by atoms with van der Waals surface area (Å²) in [4.78, 5) is 13.7. The summed E-state index contributed by atoms with van der Waals surface area (Å²) in [6.45, 7) is 3.02. The van der Waals surface area contributed by atoms with E-state index in [2.05, 4.69) is 0 Å². The zero-order valence-electron chi connectivity index (χ0n) is 13.0. The monoisotopic (exact) mass is 291 g/mol. The highest BCUT2D eigenvalue weighted by Crippen LogP contribution is 2.32. The van der Waals surface area contributed by atoms with Gasteiger partial charge in [-0.15, -0.1) is 0 Å². The Hall–Kier alpha value is -1.55. The van der Waals surface area contributed by atoms with Crippen LogP contribution in [0, 0.1) is 6.92 Å². The molecule has 4 nitrogen and oxygen atoms in total. The molecule has 0 atom stereocenters. The number of rotatable bonds is 6. The quantitative estimate of drug-likeness (QED) is 0.876. The zero-order chi connectivity index (χ0) is 15.3. The number of carbonyl (C=O) groups excluding carboxylic acids is 1. The van der Waals surface area contributed by atoms with Crippen LogP contribution in [0.1, 0.15) is 37.7 Å². The summed E-state index contributed by atoms with van der Waals surface area (Å²) in [6, 6.07) is 7.86. The van der Waals surface area contributed by atoms with Crippen LogP contribution < -0.4 is 4.74 Å². The van der Waals surface area contributed by atoms with Gasteiger partial charge in [0.05, 0.1) is 18.6 Å². The Morgan fingerprint density at radius 1 is 1.29 bits per heavy atom. The average molecular weight is 291 g/mol. The maximum absolute atomic E-state index is 12.1. The third-order valence-corrected chi connectivity index (χ3v) is 4.16. The number of carbonyl (C=O) groups is 1. The van der Waals surface area contributed by atoms with Crippen molar-refractivity contribution in [1.29, 1.82) is 0 Å². The molecule has 1 amide bonds. The van der Waals surface area contributed by atoms with Gasteiger partial charge in [-0.05, 0) is 31.9 Å². The van der Waals surface area contributed by atoms with Crippen molar-refractivity contribution in [3.05, 3.63) is 29.8 Å². The molecule has 0 aromatic heterocycles. The van der Waals surface area contributed by atoms with Crippen LogP contribution in [-0.2, 0) is 4.79 Å². The third-order valence-electron chi connectivity index (χ3n) is 4.16. The molecule has 0 saturated heterocycles. The first-order valence-electron chi connectivity index (χ1n) is 7.64. The smallest absolute Gasteiger partial charge is 0.225 e. The Labute approximate surface area is 126 Å². The Morgan fingerprint density at radius 3 is 2.52 bits per heavy atom. The second kappa shape index (κ2) is 6.94. The van der Waals surface area contributed by atoms with Gasteiger partial charge in [-0.3, -0.25) is 4.79 Å². The number of hydrogen-bond acceptors (Lipinski definition) is 3. The Kier molecular flexibility index (Phi) is 5.23. The Morgan fingerprint density at radius 2 is 1.90 bits per heavy atom. The van der Waals surface area contributed by atoms with Crippen molar-refractivity contribution in [3.63, 3.8) is 0 Å². The summed E-state index contributed by atoms with van der Waals surface area (Å²) >= 11 is 0. The molecule has 2 rings (SSSR count). The molecule has 1 fully saturated rings. The minimum atomic E-state index is -0.775. The van der Waals surface area contributed by atoms with E-state index in [0.29, 0.717) is 13.2 Å². The lowest BCUT2D eigenvalue weighted by molar-refractivity contribution is -0.135. The largest absolute Gasteiger partial charge is 0.492 e. The molecule has 0 radical (unpaired) electrons. The number of amides is 1. The highest BCUT2D eigenvalue weighted by molar-refractivity contribution is 5.77. The van der Waals surface area contributed by atoms with Gasteiger partial charge in [0.15, 0.2) is 0 Å². The summed E-state index contributed by atoms with van der Waals surface area (Å²) in [5.41, 5.74) is 0.419. The SMILES string of the molecule is Cc1ccc(OCCN(C)C(=O)CC2(O)CCCC2)cc1. The zero-order valence-corrected chi connectivity index (χ0v) is 13.0. The van der Waals surface area contributed by atoms with Crippen LogP contribution in [0.4, 0.5) is 0 Å². The van der Waals surface area contributed by atoms with E-state index in [1.807, 2.05) is 31.2 Å². The van der Waals surface area contributed by atoms with Crippen molar-refractivity contribution in [2.45, 2.75) is 44.6 Å². The Bertz CT molecular complexity index is 463. The van der Waals surface area contributed by atoms with Gasteiger partial charge in [0, 0.05) is 7.05 Å². The fourth-order valence-corrected chi connectivity index (χ4v) is 2.69. The van der Waals surface area contributed by atoms with Crippen molar-refractivity contribution in [1.82, 2.24) is 4.90 Å². The van der Waals surface area contributed by atoms with Crippen LogP contribution in [0.25, 0.3) is 0 Å². The summed E-state index contributed by atoms with van der Waals surface area (Å²) in [5, 5.41) is 10.3. The molecule has 1 saturated carbocycles. The predicted octanol–water partition coefficient (Wildman–Crippen LogP) is 2.53. The second-order valence-corrected chi connectivity index (χ2v) is 6.09. The minimum Gasteiger partial charge on any atom is -0.492 e. The van der Waals surface area contributed by atoms with E-state index in [1.54, 1.807) is 11.9 Å². The molecule has 0 bridgehead atoms. The van der Waals surface area contributed by atoms with Crippen molar-refractivity contribution in [2.75, 3.05) is 20.2 Å². The number of hydrogen-bond donors (Lipinski definition) is 1. The fraction of sp³-hybridized carbons (Fsp3) is 0.588. The first kappa shape index (κ1) is 15.8.